The fourth-order valence-electron chi connectivity index (χ4n) is 2.45. The van der Waals surface area contributed by atoms with Gasteiger partial charge in [0.15, 0.2) is 6.61 Å². The Labute approximate surface area is 187 Å². The molecular formula is C21H25ClN2O6S. The molecule has 2 aromatic carbocycles. The first-order valence-corrected chi connectivity index (χ1v) is 11.3. The Bertz CT molecular complexity index is 1020. The van der Waals surface area contributed by atoms with Crippen LogP contribution >= 0.6 is 11.6 Å². The van der Waals surface area contributed by atoms with Crippen molar-refractivity contribution >= 4 is 39.2 Å². The van der Waals surface area contributed by atoms with Gasteiger partial charge in [-0.3, -0.25) is 9.59 Å². The van der Waals surface area contributed by atoms with Crippen LogP contribution in [0.15, 0.2) is 47.4 Å². The minimum Gasteiger partial charge on any atom is -0.494 e. The normalized spacial score (nSPS) is 11.3. The first-order chi connectivity index (χ1) is 14.6. The summed E-state index contributed by atoms with van der Waals surface area (Å²) in [4.78, 5) is 23.8. The molecule has 0 aliphatic heterocycles. The van der Waals surface area contributed by atoms with E-state index in [1.54, 1.807) is 12.1 Å². The molecule has 0 bridgehead atoms. The van der Waals surface area contributed by atoms with Crippen molar-refractivity contribution in [2.24, 2.45) is 0 Å². The molecule has 0 aromatic heterocycles. The number of carbonyl (C=O) groups is 2. The molecule has 2 aromatic rings. The standard InChI is InChI=1S/C21H25ClN2O6S/c1-15-13-17(8-11-19(15)22)29-12-4-5-21(26)30-14-20(25)23-16-6-9-18(10-7-16)31(27,28)24(2)3/h6-11,13H,4-5,12,14H2,1-3H3,(H,23,25). The largest absolute Gasteiger partial charge is 0.494 e. The minimum atomic E-state index is -3.54. The Kier molecular flexibility index (Phi) is 8.85. The van der Waals surface area contributed by atoms with Gasteiger partial charge in [0, 0.05) is 31.2 Å². The van der Waals surface area contributed by atoms with Crippen molar-refractivity contribution in [3.05, 3.63) is 53.1 Å². The van der Waals surface area contributed by atoms with E-state index in [-0.39, 0.29) is 11.3 Å². The van der Waals surface area contributed by atoms with Crippen LogP contribution in [0.4, 0.5) is 5.69 Å². The Hall–Kier alpha value is -2.62. The smallest absolute Gasteiger partial charge is 0.306 e. The number of amides is 1. The summed E-state index contributed by atoms with van der Waals surface area (Å²) >= 11 is 5.96. The highest BCUT2D eigenvalue weighted by atomic mass is 35.5. The van der Waals surface area contributed by atoms with E-state index in [0.29, 0.717) is 29.5 Å². The maximum absolute atomic E-state index is 12.0. The second kappa shape index (κ2) is 11.1. The molecule has 1 N–H and O–H groups in total. The van der Waals surface area contributed by atoms with Gasteiger partial charge in [0.25, 0.3) is 5.91 Å². The predicted octanol–water partition coefficient (Wildman–Crippen LogP) is 3.24. The molecule has 0 fully saturated rings. The first kappa shape index (κ1) is 24.6. The molecule has 8 nitrogen and oxygen atoms in total. The molecule has 0 aliphatic carbocycles. The number of hydrogen-bond acceptors (Lipinski definition) is 6. The third-order valence-electron chi connectivity index (χ3n) is 4.20. The van der Waals surface area contributed by atoms with Crippen molar-refractivity contribution in [3.63, 3.8) is 0 Å². The Morgan fingerprint density at radius 1 is 1.10 bits per heavy atom. The number of ether oxygens (including phenoxy) is 2. The van der Waals surface area contributed by atoms with Crippen LogP contribution in [-0.4, -0.2) is 51.9 Å². The zero-order valence-corrected chi connectivity index (χ0v) is 19.1. The zero-order chi connectivity index (χ0) is 23.0. The van der Waals surface area contributed by atoms with Crippen molar-refractivity contribution in [1.82, 2.24) is 4.31 Å². The van der Waals surface area contributed by atoms with Crippen LogP contribution in [0.25, 0.3) is 0 Å². The summed E-state index contributed by atoms with van der Waals surface area (Å²) in [5, 5.41) is 3.20. The summed E-state index contributed by atoms with van der Waals surface area (Å²) in [6, 6.07) is 11.0. The molecule has 0 unspecified atom stereocenters. The Morgan fingerprint density at radius 3 is 2.39 bits per heavy atom. The average Bonchev–Trinajstić information content (AvgIpc) is 2.72. The summed E-state index contributed by atoms with van der Waals surface area (Å²) in [5.74, 6) is -0.373. The number of anilines is 1. The Morgan fingerprint density at radius 2 is 1.77 bits per heavy atom. The molecule has 10 heteroatoms. The number of carbonyl (C=O) groups excluding carboxylic acids is 2. The van der Waals surface area contributed by atoms with Crippen LogP contribution in [-0.2, 0) is 24.3 Å². The number of aryl methyl sites for hydroxylation is 1. The number of sulfonamides is 1. The highest BCUT2D eigenvalue weighted by Crippen LogP contribution is 2.21. The van der Waals surface area contributed by atoms with E-state index in [1.165, 1.54) is 38.4 Å². The molecule has 0 spiro atoms. The average molecular weight is 469 g/mol. The maximum Gasteiger partial charge on any atom is 0.306 e. The lowest BCUT2D eigenvalue weighted by atomic mass is 10.2. The molecule has 0 saturated heterocycles. The van der Waals surface area contributed by atoms with Gasteiger partial charge < -0.3 is 14.8 Å². The third kappa shape index (κ3) is 7.54. The lowest BCUT2D eigenvalue weighted by molar-refractivity contribution is -0.147. The fraction of sp³-hybridized carbons (Fsp3) is 0.333. The lowest BCUT2D eigenvalue weighted by Crippen LogP contribution is -2.22. The van der Waals surface area contributed by atoms with Crippen molar-refractivity contribution in [3.8, 4) is 5.75 Å². The number of hydrogen-bond donors (Lipinski definition) is 1. The van der Waals surface area contributed by atoms with Crippen LogP contribution in [0.5, 0.6) is 5.75 Å². The fourth-order valence-corrected chi connectivity index (χ4v) is 3.47. The minimum absolute atomic E-state index is 0.108. The quantitative estimate of drug-likeness (QED) is 0.424. The van der Waals surface area contributed by atoms with Gasteiger partial charge in [-0.25, -0.2) is 12.7 Å². The van der Waals surface area contributed by atoms with Gasteiger partial charge in [-0.15, -0.1) is 0 Å². The van der Waals surface area contributed by atoms with Crippen molar-refractivity contribution < 1.29 is 27.5 Å². The number of nitrogens with one attached hydrogen (secondary N) is 1. The number of rotatable bonds is 10. The molecule has 2 rings (SSSR count). The maximum atomic E-state index is 12.0. The van der Waals surface area contributed by atoms with E-state index in [0.717, 1.165) is 9.87 Å². The molecule has 1 amide bonds. The monoisotopic (exact) mass is 468 g/mol. The van der Waals surface area contributed by atoms with Gasteiger partial charge >= 0.3 is 5.97 Å². The molecule has 0 aliphatic rings. The van der Waals surface area contributed by atoms with E-state index in [1.807, 2.05) is 13.0 Å². The topological polar surface area (TPSA) is 102 Å². The Balaban J connectivity index is 1.69. The number of benzene rings is 2. The van der Waals surface area contributed by atoms with Gasteiger partial charge in [-0.1, -0.05) is 11.6 Å². The summed E-state index contributed by atoms with van der Waals surface area (Å²) in [6.07, 6.45) is 0.543. The third-order valence-corrected chi connectivity index (χ3v) is 6.46. The molecular weight excluding hydrogens is 444 g/mol. The van der Waals surface area contributed by atoms with Crippen LogP contribution in [0.2, 0.25) is 5.02 Å². The van der Waals surface area contributed by atoms with Crippen molar-refractivity contribution in [2.45, 2.75) is 24.7 Å². The second-order valence-corrected chi connectivity index (χ2v) is 9.44. The zero-order valence-electron chi connectivity index (χ0n) is 17.6. The molecule has 0 atom stereocenters. The van der Waals surface area contributed by atoms with Gasteiger partial charge in [0.2, 0.25) is 10.0 Å². The van der Waals surface area contributed by atoms with Crippen molar-refractivity contribution in [2.75, 3.05) is 32.6 Å². The van der Waals surface area contributed by atoms with Gasteiger partial charge in [0.05, 0.1) is 11.5 Å². The molecule has 168 valence electrons. The molecule has 0 heterocycles. The predicted molar refractivity (Wildman–Crippen MR) is 118 cm³/mol. The highest BCUT2D eigenvalue weighted by Gasteiger charge is 2.17. The summed E-state index contributed by atoms with van der Waals surface area (Å²) in [6.45, 7) is 1.76. The summed E-state index contributed by atoms with van der Waals surface area (Å²) in [5.41, 5.74) is 1.30. The van der Waals surface area contributed by atoms with E-state index in [4.69, 9.17) is 21.1 Å². The van der Waals surface area contributed by atoms with E-state index in [9.17, 15) is 18.0 Å². The second-order valence-electron chi connectivity index (χ2n) is 6.88. The van der Waals surface area contributed by atoms with Gasteiger partial charge in [0.1, 0.15) is 5.75 Å². The van der Waals surface area contributed by atoms with Crippen LogP contribution in [0.3, 0.4) is 0 Å². The van der Waals surface area contributed by atoms with Crippen LogP contribution in [0.1, 0.15) is 18.4 Å². The van der Waals surface area contributed by atoms with Crippen LogP contribution < -0.4 is 10.1 Å². The molecule has 0 radical (unpaired) electrons. The number of esters is 1. The number of halogens is 1. The molecule has 0 saturated carbocycles. The highest BCUT2D eigenvalue weighted by molar-refractivity contribution is 7.89. The van der Waals surface area contributed by atoms with Crippen molar-refractivity contribution in [1.29, 1.82) is 0 Å². The lowest BCUT2D eigenvalue weighted by Gasteiger charge is -2.12. The van der Waals surface area contributed by atoms with E-state index < -0.39 is 28.5 Å². The van der Waals surface area contributed by atoms with E-state index >= 15 is 0 Å². The summed E-state index contributed by atoms with van der Waals surface area (Å²) in [7, 11) is -0.672. The summed E-state index contributed by atoms with van der Waals surface area (Å²) < 4.78 is 35.7. The van der Waals surface area contributed by atoms with E-state index in [2.05, 4.69) is 5.32 Å². The van der Waals surface area contributed by atoms with Crippen LogP contribution in [0, 0.1) is 6.92 Å². The van der Waals surface area contributed by atoms with Gasteiger partial charge in [-0.2, -0.15) is 0 Å². The SMILES string of the molecule is Cc1cc(OCCCC(=O)OCC(=O)Nc2ccc(S(=O)(=O)N(C)C)cc2)ccc1Cl. The first-order valence-electron chi connectivity index (χ1n) is 9.46. The van der Waals surface area contributed by atoms with Gasteiger partial charge in [-0.05, 0) is 61.4 Å². The molecule has 31 heavy (non-hydrogen) atoms. The number of nitrogens with zero attached hydrogens (tertiary/aromatic N) is 1.